The van der Waals surface area contributed by atoms with Crippen molar-refractivity contribution in [1.82, 2.24) is 9.55 Å². The summed E-state index contributed by atoms with van der Waals surface area (Å²) in [5.41, 5.74) is -0.462. The molecule has 9 heteroatoms. The Kier molecular flexibility index (Phi) is 5.91. The Bertz CT molecular complexity index is 1290. The van der Waals surface area contributed by atoms with Gasteiger partial charge < -0.3 is 18.9 Å². The van der Waals surface area contributed by atoms with E-state index >= 15 is 0 Å². The van der Waals surface area contributed by atoms with E-state index in [-0.39, 0.29) is 19.8 Å². The van der Waals surface area contributed by atoms with Gasteiger partial charge in [-0.25, -0.2) is 9.59 Å². The van der Waals surface area contributed by atoms with Gasteiger partial charge in [-0.05, 0) is 24.6 Å². The molecular weight excluding hydrogens is 440 g/mol. The molecular formula is C25H24N2O7. The van der Waals surface area contributed by atoms with Crippen molar-refractivity contribution in [2.24, 2.45) is 0 Å². The maximum absolute atomic E-state index is 12.6. The topological polar surface area (TPSA) is 109 Å². The quantitative estimate of drug-likeness (QED) is 0.533. The minimum atomic E-state index is -1.11. The first-order valence-corrected chi connectivity index (χ1v) is 11.0. The van der Waals surface area contributed by atoms with E-state index in [1.165, 1.54) is 10.8 Å². The number of nitrogens with zero attached hydrogens (tertiary/aromatic N) is 1. The summed E-state index contributed by atoms with van der Waals surface area (Å²) >= 11 is 0. The molecule has 3 heterocycles. The summed E-state index contributed by atoms with van der Waals surface area (Å²) in [5.74, 6) is -0.496. The number of rotatable bonds is 7. The van der Waals surface area contributed by atoms with Crippen molar-refractivity contribution in [3.8, 4) is 0 Å². The number of fused-ring (bicyclic) bond motifs is 2. The van der Waals surface area contributed by atoms with Crippen LogP contribution in [0.3, 0.4) is 0 Å². The lowest BCUT2D eigenvalue weighted by atomic mass is 10.00. The molecule has 5 rings (SSSR count). The second-order valence-electron chi connectivity index (χ2n) is 8.49. The molecule has 4 atom stereocenters. The molecule has 1 N–H and O–H groups in total. The van der Waals surface area contributed by atoms with Gasteiger partial charge in [-0.1, -0.05) is 48.5 Å². The Morgan fingerprint density at radius 2 is 1.82 bits per heavy atom. The Labute approximate surface area is 194 Å². The summed E-state index contributed by atoms with van der Waals surface area (Å²) in [6, 6.07) is 18.3. The lowest BCUT2D eigenvalue weighted by Crippen LogP contribution is -2.47. The van der Waals surface area contributed by atoms with Gasteiger partial charge >= 0.3 is 11.7 Å². The molecule has 2 saturated heterocycles. The zero-order chi connectivity index (χ0) is 23.7. The van der Waals surface area contributed by atoms with Gasteiger partial charge in [0, 0.05) is 11.8 Å². The Morgan fingerprint density at radius 1 is 1.12 bits per heavy atom. The predicted octanol–water partition coefficient (Wildman–Crippen LogP) is 1.95. The molecule has 176 valence electrons. The predicted molar refractivity (Wildman–Crippen MR) is 120 cm³/mol. The largest absolute Gasteiger partial charge is 0.459 e. The minimum absolute atomic E-state index is 0.121. The summed E-state index contributed by atoms with van der Waals surface area (Å²) in [5, 5.41) is 0. The molecule has 9 nitrogen and oxygen atoms in total. The number of hydrogen-bond donors (Lipinski definition) is 1. The van der Waals surface area contributed by atoms with E-state index in [4.69, 9.17) is 18.9 Å². The Hall–Kier alpha value is -3.53. The van der Waals surface area contributed by atoms with Gasteiger partial charge in [0.05, 0.1) is 18.8 Å². The van der Waals surface area contributed by atoms with Crippen molar-refractivity contribution >= 4 is 5.97 Å². The molecule has 2 fully saturated rings. The van der Waals surface area contributed by atoms with E-state index in [2.05, 4.69) is 4.98 Å². The van der Waals surface area contributed by atoms with E-state index in [0.29, 0.717) is 11.1 Å². The maximum atomic E-state index is 12.6. The fourth-order valence-electron chi connectivity index (χ4n) is 4.35. The average molecular weight is 464 g/mol. The number of aromatic nitrogens is 2. The molecule has 3 aromatic rings. The zero-order valence-electron chi connectivity index (χ0n) is 18.5. The fourth-order valence-corrected chi connectivity index (χ4v) is 4.35. The summed E-state index contributed by atoms with van der Waals surface area (Å²) in [7, 11) is 0. The van der Waals surface area contributed by atoms with Crippen LogP contribution in [-0.4, -0.2) is 46.5 Å². The van der Waals surface area contributed by atoms with Crippen LogP contribution >= 0.6 is 0 Å². The van der Waals surface area contributed by atoms with Crippen LogP contribution in [0.25, 0.3) is 0 Å². The molecule has 2 bridgehead atoms. The Balaban J connectivity index is 1.42. The fraction of sp³-hybridized carbons (Fsp3) is 0.320. The summed E-state index contributed by atoms with van der Waals surface area (Å²) < 4.78 is 25.4. The highest BCUT2D eigenvalue weighted by Gasteiger charge is 2.64. The first kappa shape index (κ1) is 22.3. The van der Waals surface area contributed by atoms with Crippen molar-refractivity contribution in [3.63, 3.8) is 0 Å². The number of esters is 1. The number of ether oxygens (including phenoxy) is 4. The van der Waals surface area contributed by atoms with E-state index in [1.54, 1.807) is 31.2 Å². The maximum Gasteiger partial charge on any atom is 0.338 e. The van der Waals surface area contributed by atoms with E-state index in [0.717, 1.165) is 5.56 Å². The first-order chi connectivity index (χ1) is 16.5. The van der Waals surface area contributed by atoms with Gasteiger partial charge in [-0.3, -0.25) is 14.3 Å². The summed E-state index contributed by atoms with van der Waals surface area (Å²) in [6.45, 7) is 1.90. The van der Waals surface area contributed by atoms with Crippen molar-refractivity contribution in [2.75, 3.05) is 13.2 Å². The van der Waals surface area contributed by atoms with Crippen LogP contribution in [0.4, 0.5) is 0 Å². The van der Waals surface area contributed by atoms with Crippen molar-refractivity contribution in [3.05, 3.63) is 104 Å². The highest BCUT2D eigenvalue weighted by Crippen LogP contribution is 2.46. The van der Waals surface area contributed by atoms with Crippen LogP contribution in [0, 0.1) is 6.92 Å². The Morgan fingerprint density at radius 3 is 2.56 bits per heavy atom. The number of hydrogen-bond acceptors (Lipinski definition) is 7. The van der Waals surface area contributed by atoms with Crippen LogP contribution in [0.1, 0.15) is 27.7 Å². The van der Waals surface area contributed by atoms with Gasteiger partial charge in [0.2, 0.25) is 0 Å². The zero-order valence-corrected chi connectivity index (χ0v) is 18.5. The minimum Gasteiger partial charge on any atom is -0.459 e. The van der Waals surface area contributed by atoms with Gasteiger partial charge in [0.15, 0.2) is 11.8 Å². The van der Waals surface area contributed by atoms with Crippen LogP contribution < -0.4 is 11.2 Å². The van der Waals surface area contributed by atoms with E-state index in [1.807, 2.05) is 36.4 Å². The molecule has 0 aliphatic carbocycles. The lowest BCUT2D eigenvalue weighted by Gasteiger charge is -2.31. The SMILES string of the molecule is Cc1cn([C@@H]2O[C@@]3(COC(=O)c4ccccc4)CO[C@@H]2[C@@H]3OCc2ccccc2)c(=O)[nH]c1=O. The summed E-state index contributed by atoms with van der Waals surface area (Å²) in [6.07, 6.45) is -0.663. The van der Waals surface area contributed by atoms with Crippen LogP contribution in [-0.2, 0) is 25.6 Å². The van der Waals surface area contributed by atoms with E-state index in [9.17, 15) is 14.4 Å². The number of nitrogens with one attached hydrogen (secondary N) is 1. The normalized spacial score (nSPS) is 25.4. The third-order valence-corrected chi connectivity index (χ3v) is 6.12. The molecule has 2 aliphatic rings. The monoisotopic (exact) mass is 464 g/mol. The van der Waals surface area contributed by atoms with Crippen molar-refractivity contribution in [2.45, 2.75) is 37.6 Å². The number of H-pyrrole nitrogens is 1. The molecule has 2 aliphatic heterocycles. The first-order valence-electron chi connectivity index (χ1n) is 11.0. The molecule has 2 aromatic carbocycles. The number of aryl methyl sites for hydroxylation is 1. The summed E-state index contributed by atoms with van der Waals surface area (Å²) in [4.78, 5) is 39.3. The standard InChI is InChI=1S/C25H24N2O7/c1-16-12-27(24(30)26-21(16)28)22-19-20(31-13-17-8-4-2-5-9-17)25(34-22,14-32-19)15-33-23(29)18-10-6-3-7-11-18/h2-12,19-20,22H,13-15H2,1H3,(H,26,28,30)/t19-,20+,22-,25-/m1/s1. The smallest absolute Gasteiger partial charge is 0.338 e. The van der Waals surface area contributed by atoms with E-state index < -0.39 is 41.3 Å². The highest BCUT2D eigenvalue weighted by molar-refractivity contribution is 5.89. The van der Waals surface area contributed by atoms with Crippen molar-refractivity contribution < 1.29 is 23.7 Å². The lowest BCUT2D eigenvalue weighted by molar-refractivity contribution is -0.189. The number of benzene rings is 2. The molecule has 0 unspecified atom stereocenters. The molecule has 0 spiro atoms. The third-order valence-electron chi connectivity index (χ3n) is 6.12. The molecule has 1 aromatic heterocycles. The van der Waals surface area contributed by atoms with Crippen LogP contribution in [0.15, 0.2) is 76.4 Å². The van der Waals surface area contributed by atoms with Gasteiger partial charge in [0.25, 0.3) is 5.56 Å². The number of aromatic amines is 1. The molecule has 0 saturated carbocycles. The van der Waals surface area contributed by atoms with Crippen LogP contribution in [0.2, 0.25) is 0 Å². The van der Waals surface area contributed by atoms with Crippen LogP contribution in [0.5, 0.6) is 0 Å². The molecule has 34 heavy (non-hydrogen) atoms. The van der Waals surface area contributed by atoms with Crippen molar-refractivity contribution in [1.29, 1.82) is 0 Å². The van der Waals surface area contributed by atoms with Gasteiger partial charge in [0.1, 0.15) is 18.8 Å². The third kappa shape index (κ3) is 4.09. The van der Waals surface area contributed by atoms with Gasteiger partial charge in [-0.2, -0.15) is 0 Å². The molecule has 0 radical (unpaired) electrons. The molecule has 0 amide bonds. The highest BCUT2D eigenvalue weighted by atomic mass is 16.7. The average Bonchev–Trinajstić information content (AvgIpc) is 3.36. The van der Waals surface area contributed by atoms with Gasteiger partial charge in [-0.15, -0.1) is 0 Å². The number of carbonyl (C=O) groups excluding carboxylic acids is 1. The number of carbonyl (C=O) groups is 1. The second-order valence-corrected chi connectivity index (χ2v) is 8.49. The second kappa shape index (κ2) is 9.02.